The van der Waals surface area contributed by atoms with Gasteiger partial charge in [-0.2, -0.15) is 0 Å². The molecule has 1 fully saturated rings. The molecule has 0 aromatic rings. The summed E-state index contributed by atoms with van der Waals surface area (Å²) in [5.41, 5.74) is -1.00. The van der Waals surface area contributed by atoms with Gasteiger partial charge in [0.2, 0.25) is 15.9 Å². The molecule has 0 aromatic carbocycles. The van der Waals surface area contributed by atoms with Gasteiger partial charge in [0.25, 0.3) is 0 Å². The van der Waals surface area contributed by atoms with E-state index in [0.717, 1.165) is 19.3 Å². The molecule has 0 radical (unpaired) electrons. The van der Waals surface area contributed by atoms with Gasteiger partial charge in [0, 0.05) is 6.54 Å². The van der Waals surface area contributed by atoms with Crippen LogP contribution in [0, 0.1) is 5.41 Å². The first-order valence-electron chi connectivity index (χ1n) is 7.62. The van der Waals surface area contributed by atoms with Crippen molar-refractivity contribution >= 4 is 21.9 Å². The number of nitrogens with one attached hydrogen (secondary N) is 2. The monoisotopic (exact) mass is 334 g/mol. The maximum Gasteiger partial charge on any atom is 0.312 e. The van der Waals surface area contributed by atoms with Gasteiger partial charge in [-0.1, -0.05) is 19.3 Å². The molecule has 1 rings (SSSR count). The van der Waals surface area contributed by atoms with Gasteiger partial charge >= 0.3 is 5.97 Å². The molecule has 0 bridgehead atoms. The number of carbonyl (C=O) groups excluding carboxylic acids is 2. The van der Waals surface area contributed by atoms with Crippen LogP contribution in [0.4, 0.5) is 0 Å². The van der Waals surface area contributed by atoms with Gasteiger partial charge in [0.1, 0.15) is 0 Å². The van der Waals surface area contributed by atoms with Crippen LogP contribution in [0.15, 0.2) is 0 Å². The van der Waals surface area contributed by atoms with E-state index in [4.69, 9.17) is 4.74 Å². The third kappa shape index (κ3) is 4.95. The van der Waals surface area contributed by atoms with Gasteiger partial charge in [0.15, 0.2) is 0 Å². The van der Waals surface area contributed by atoms with Crippen molar-refractivity contribution in [1.82, 2.24) is 10.0 Å². The van der Waals surface area contributed by atoms with Crippen LogP contribution in [0.2, 0.25) is 0 Å². The van der Waals surface area contributed by atoms with E-state index < -0.39 is 27.4 Å². The first-order chi connectivity index (χ1) is 10.3. The predicted octanol–water partition coefficient (Wildman–Crippen LogP) is 0.554. The van der Waals surface area contributed by atoms with Gasteiger partial charge in [0.05, 0.1) is 24.3 Å². The number of rotatable bonds is 7. The number of hydrogen-bond donors (Lipinski definition) is 2. The fourth-order valence-electron chi connectivity index (χ4n) is 2.91. The molecular weight excluding hydrogens is 308 g/mol. The lowest BCUT2D eigenvalue weighted by Gasteiger charge is -2.34. The zero-order valence-electron chi connectivity index (χ0n) is 13.5. The molecule has 22 heavy (non-hydrogen) atoms. The minimum Gasteiger partial charge on any atom is -0.469 e. The number of hydrogen-bond acceptors (Lipinski definition) is 5. The van der Waals surface area contributed by atoms with E-state index in [1.807, 2.05) is 0 Å². The van der Waals surface area contributed by atoms with Gasteiger partial charge < -0.3 is 10.1 Å². The van der Waals surface area contributed by atoms with E-state index in [2.05, 4.69) is 10.0 Å². The summed E-state index contributed by atoms with van der Waals surface area (Å²) >= 11 is 0. The van der Waals surface area contributed by atoms with Gasteiger partial charge in [-0.15, -0.1) is 0 Å². The van der Waals surface area contributed by atoms with Crippen LogP contribution < -0.4 is 10.0 Å². The summed E-state index contributed by atoms with van der Waals surface area (Å²) in [5.74, 6) is -1.21. The van der Waals surface area contributed by atoms with E-state index in [9.17, 15) is 18.0 Å². The number of likely N-dealkylation sites (N-methyl/N-ethyl adjacent to an activating group) is 1. The van der Waals surface area contributed by atoms with Gasteiger partial charge in [-0.25, -0.2) is 13.1 Å². The first-order valence-corrected chi connectivity index (χ1v) is 9.28. The maximum absolute atomic E-state index is 12.3. The third-order valence-corrected chi connectivity index (χ3v) is 5.64. The van der Waals surface area contributed by atoms with Crippen molar-refractivity contribution in [1.29, 1.82) is 0 Å². The smallest absolute Gasteiger partial charge is 0.312 e. The molecule has 0 aromatic heterocycles. The molecule has 1 saturated carbocycles. The average molecular weight is 334 g/mol. The van der Waals surface area contributed by atoms with Crippen molar-refractivity contribution in [2.45, 2.75) is 52.0 Å². The second-order valence-corrected chi connectivity index (χ2v) is 7.58. The van der Waals surface area contributed by atoms with Crippen LogP contribution in [-0.4, -0.2) is 45.7 Å². The Morgan fingerprint density at radius 1 is 1.23 bits per heavy atom. The molecule has 8 heteroatoms. The lowest BCUT2D eigenvalue weighted by molar-refractivity contribution is -0.153. The van der Waals surface area contributed by atoms with Crippen molar-refractivity contribution in [2.24, 2.45) is 5.41 Å². The van der Waals surface area contributed by atoms with E-state index >= 15 is 0 Å². The lowest BCUT2D eigenvalue weighted by Crippen LogP contribution is -2.49. The Morgan fingerprint density at radius 3 is 2.32 bits per heavy atom. The quantitative estimate of drug-likeness (QED) is 0.662. The number of ether oxygens (including phenoxy) is 1. The zero-order chi connectivity index (χ0) is 16.8. The van der Waals surface area contributed by atoms with Crippen LogP contribution in [0.25, 0.3) is 0 Å². The molecule has 1 aliphatic carbocycles. The van der Waals surface area contributed by atoms with Gasteiger partial charge in [-0.05, 0) is 26.7 Å². The summed E-state index contributed by atoms with van der Waals surface area (Å²) in [6.07, 6.45) is 3.58. The number of carbonyl (C=O) groups is 2. The molecular formula is C14H26N2O5S. The van der Waals surface area contributed by atoms with Crippen molar-refractivity contribution in [3.63, 3.8) is 0 Å². The molecule has 7 nitrogen and oxygen atoms in total. The third-order valence-electron chi connectivity index (χ3n) is 4.00. The highest BCUT2D eigenvalue weighted by Gasteiger charge is 2.44. The summed E-state index contributed by atoms with van der Waals surface area (Å²) in [6.45, 7) is 3.67. The summed E-state index contributed by atoms with van der Waals surface area (Å²) in [6, 6.07) is -0.872. The molecule has 0 saturated heterocycles. The minimum atomic E-state index is -3.77. The van der Waals surface area contributed by atoms with Crippen LogP contribution in [-0.2, 0) is 24.3 Å². The van der Waals surface area contributed by atoms with Crippen LogP contribution in [0.1, 0.15) is 46.0 Å². The second kappa shape index (κ2) is 7.92. The van der Waals surface area contributed by atoms with E-state index in [1.54, 1.807) is 6.92 Å². The summed E-state index contributed by atoms with van der Waals surface area (Å²) < 4.78 is 31.9. The molecule has 1 aliphatic rings. The Bertz CT molecular complexity index is 497. The molecule has 1 amide bonds. The summed E-state index contributed by atoms with van der Waals surface area (Å²) in [4.78, 5) is 23.7. The molecule has 0 heterocycles. The topological polar surface area (TPSA) is 102 Å². The lowest BCUT2D eigenvalue weighted by atomic mass is 9.75. The summed E-state index contributed by atoms with van der Waals surface area (Å²) in [7, 11) is -2.50. The van der Waals surface area contributed by atoms with Crippen LogP contribution in [0.3, 0.4) is 0 Å². The number of esters is 1. The van der Waals surface area contributed by atoms with Crippen molar-refractivity contribution < 1.29 is 22.7 Å². The highest BCUT2D eigenvalue weighted by molar-refractivity contribution is 7.89. The highest BCUT2D eigenvalue weighted by Crippen LogP contribution is 2.38. The van der Waals surface area contributed by atoms with Crippen molar-refractivity contribution in [3.05, 3.63) is 0 Å². The SMILES string of the molecule is CCNC(=O)C(C)NS(=O)(=O)CC1(C(=O)OC)CCCCC1. The van der Waals surface area contributed by atoms with Crippen molar-refractivity contribution in [3.8, 4) is 0 Å². The fraction of sp³-hybridized carbons (Fsp3) is 0.857. The maximum atomic E-state index is 12.3. The fourth-order valence-corrected chi connectivity index (χ4v) is 4.77. The Labute approximate surface area is 132 Å². The molecule has 0 aliphatic heterocycles. The predicted molar refractivity (Wildman–Crippen MR) is 82.6 cm³/mol. The Kier molecular flexibility index (Phi) is 6.80. The Hall–Kier alpha value is -1.15. The van der Waals surface area contributed by atoms with Crippen molar-refractivity contribution in [2.75, 3.05) is 19.4 Å². The molecule has 1 unspecified atom stereocenters. The van der Waals surface area contributed by atoms with Crippen LogP contribution >= 0.6 is 0 Å². The average Bonchev–Trinajstić information content (AvgIpc) is 2.46. The number of sulfonamides is 1. The molecule has 128 valence electrons. The van der Waals surface area contributed by atoms with E-state index in [0.29, 0.717) is 19.4 Å². The highest BCUT2D eigenvalue weighted by atomic mass is 32.2. The summed E-state index contributed by atoms with van der Waals surface area (Å²) in [5, 5.41) is 2.56. The molecule has 2 N–H and O–H groups in total. The van der Waals surface area contributed by atoms with Gasteiger partial charge in [-0.3, -0.25) is 9.59 Å². The van der Waals surface area contributed by atoms with E-state index in [1.165, 1.54) is 14.0 Å². The Balaban J connectivity index is 2.83. The standard InChI is InChI=1S/C14H26N2O5S/c1-4-15-12(17)11(2)16-22(19,20)10-14(13(18)21-3)8-6-5-7-9-14/h11,16H,4-10H2,1-3H3,(H,15,17). The number of amides is 1. The zero-order valence-corrected chi connectivity index (χ0v) is 14.3. The first kappa shape index (κ1) is 18.9. The molecule has 0 spiro atoms. The number of methoxy groups -OCH3 is 1. The Morgan fingerprint density at radius 2 is 1.82 bits per heavy atom. The van der Waals surface area contributed by atoms with E-state index in [-0.39, 0.29) is 11.7 Å². The second-order valence-electron chi connectivity index (χ2n) is 5.83. The minimum absolute atomic E-state index is 0.337. The largest absolute Gasteiger partial charge is 0.469 e. The molecule has 1 atom stereocenters. The normalized spacial score (nSPS) is 19.2. The van der Waals surface area contributed by atoms with Crippen LogP contribution in [0.5, 0.6) is 0 Å².